The zero-order chi connectivity index (χ0) is 37.8. The van der Waals surface area contributed by atoms with Crippen LogP contribution in [0.5, 0.6) is 5.75 Å². The third kappa shape index (κ3) is 9.28. The van der Waals surface area contributed by atoms with Crippen molar-refractivity contribution < 1.29 is 48.7 Å². The molecule has 0 unspecified atom stereocenters. The van der Waals surface area contributed by atoms with Crippen molar-refractivity contribution in [2.24, 2.45) is 5.73 Å². The fourth-order valence-corrected chi connectivity index (χ4v) is 8.28. The highest BCUT2D eigenvalue weighted by Gasteiger charge is 2.38. The zero-order valence-electron chi connectivity index (χ0n) is 27.6. The lowest BCUT2D eigenvalue weighted by Gasteiger charge is -2.40. The summed E-state index contributed by atoms with van der Waals surface area (Å²) >= 11 is 0. The van der Waals surface area contributed by atoms with Crippen molar-refractivity contribution in [1.29, 1.82) is 0 Å². The van der Waals surface area contributed by atoms with E-state index in [1.807, 2.05) is 0 Å². The Balaban J connectivity index is 1.32. The minimum absolute atomic E-state index is 0.0200. The lowest BCUT2D eigenvalue weighted by molar-refractivity contribution is -0.274. The molecule has 278 valence electrons. The van der Waals surface area contributed by atoms with Gasteiger partial charge in [0, 0.05) is 48.4 Å². The number of benzene rings is 4. The fraction of sp³-hybridized carbons (Fsp3) is 0.306. The van der Waals surface area contributed by atoms with Gasteiger partial charge in [0.05, 0.1) is 10.9 Å². The molecule has 0 radical (unpaired) electrons. The second-order valence-electron chi connectivity index (χ2n) is 12.4. The van der Waals surface area contributed by atoms with Crippen LogP contribution in [0.1, 0.15) is 42.4 Å². The molecule has 0 bridgehead atoms. The van der Waals surface area contributed by atoms with Crippen molar-refractivity contribution in [3.8, 4) is 5.75 Å². The molecule has 1 aliphatic rings. The van der Waals surface area contributed by atoms with Crippen molar-refractivity contribution in [3.05, 3.63) is 125 Å². The molecule has 52 heavy (non-hydrogen) atoms. The predicted octanol–water partition coefficient (Wildman–Crippen LogP) is 6.61. The summed E-state index contributed by atoms with van der Waals surface area (Å²) in [7, 11) is -4.18. The highest BCUT2D eigenvalue weighted by atomic mass is 32.2. The molecule has 0 aliphatic carbocycles. The maximum absolute atomic E-state index is 15.3. The van der Waals surface area contributed by atoms with Crippen LogP contribution in [0.15, 0.2) is 89.8 Å². The van der Waals surface area contributed by atoms with Gasteiger partial charge in [-0.2, -0.15) is 4.31 Å². The molecule has 4 aromatic rings. The average Bonchev–Trinajstić information content (AvgIpc) is 3.06. The summed E-state index contributed by atoms with van der Waals surface area (Å²) in [5.41, 5.74) is 6.87. The number of halogens is 7. The Morgan fingerprint density at radius 2 is 1.58 bits per heavy atom. The highest BCUT2D eigenvalue weighted by molar-refractivity contribution is 7.89. The molecule has 8 nitrogen and oxygen atoms in total. The van der Waals surface area contributed by atoms with E-state index in [1.165, 1.54) is 34.6 Å². The van der Waals surface area contributed by atoms with Gasteiger partial charge in [-0.15, -0.1) is 13.2 Å². The number of nitrogens with two attached hydrogens (primary N) is 1. The molecule has 16 heteroatoms. The van der Waals surface area contributed by atoms with Gasteiger partial charge in [-0.3, -0.25) is 4.79 Å². The molecule has 1 aliphatic heterocycles. The first kappa shape index (κ1) is 38.7. The third-order valence-electron chi connectivity index (χ3n) is 8.72. The topological polar surface area (TPSA) is 114 Å². The number of amides is 1. The lowest BCUT2D eigenvalue weighted by Crippen LogP contribution is -2.58. The Hall–Kier alpha value is -4.51. The summed E-state index contributed by atoms with van der Waals surface area (Å²) in [6, 6.07) is 12.9. The molecule has 4 N–H and O–H groups in total. The second-order valence-corrected chi connectivity index (χ2v) is 14.3. The first-order chi connectivity index (χ1) is 24.5. The van der Waals surface area contributed by atoms with Crippen LogP contribution in [0.3, 0.4) is 0 Å². The van der Waals surface area contributed by atoms with Gasteiger partial charge in [-0.05, 0) is 98.0 Å². The number of anilines is 1. The van der Waals surface area contributed by atoms with E-state index < -0.39 is 75.4 Å². The van der Waals surface area contributed by atoms with Crippen LogP contribution in [0.2, 0.25) is 0 Å². The number of rotatable bonds is 12. The smallest absolute Gasteiger partial charge is 0.406 e. The number of ether oxygens (including phenoxy) is 1. The largest absolute Gasteiger partial charge is 0.573 e. The Bertz CT molecular complexity index is 1960. The number of carbonyl (C=O) groups is 1. The summed E-state index contributed by atoms with van der Waals surface area (Å²) < 4.78 is 128. The molecule has 0 aromatic heterocycles. The third-order valence-corrected chi connectivity index (χ3v) is 10.8. The quantitative estimate of drug-likeness (QED) is 0.141. The van der Waals surface area contributed by atoms with Gasteiger partial charge < -0.3 is 21.1 Å². The summed E-state index contributed by atoms with van der Waals surface area (Å²) in [5, 5.41) is 5.78. The Labute approximate surface area is 295 Å². The van der Waals surface area contributed by atoms with Crippen molar-refractivity contribution >= 4 is 21.6 Å². The monoisotopic (exact) mass is 752 g/mol. The van der Waals surface area contributed by atoms with Crippen LogP contribution in [0.4, 0.5) is 36.4 Å². The molecule has 5 rings (SSSR count). The van der Waals surface area contributed by atoms with Crippen LogP contribution in [0, 0.1) is 23.3 Å². The predicted molar refractivity (Wildman–Crippen MR) is 179 cm³/mol. The lowest BCUT2D eigenvalue weighted by atomic mass is 9.84. The molecule has 4 aromatic carbocycles. The molecular formula is C36H35F7N4O4S. The number of piperazine rings is 1. The molecule has 1 amide bonds. The Morgan fingerprint density at radius 1 is 0.923 bits per heavy atom. The van der Waals surface area contributed by atoms with Gasteiger partial charge in [-0.25, -0.2) is 26.0 Å². The molecule has 0 spiro atoms. The van der Waals surface area contributed by atoms with Crippen LogP contribution in [0.25, 0.3) is 0 Å². The van der Waals surface area contributed by atoms with Gasteiger partial charge in [-0.1, -0.05) is 18.2 Å². The molecule has 4 atom stereocenters. The van der Waals surface area contributed by atoms with E-state index in [4.69, 9.17) is 5.73 Å². The number of nitrogens with one attached hydrogen (secondary N) is 2. The Kier molecular flexibility index (Phi) is 11.9. The van der Waals surface area contributed by atoms with E-state index in [-0.39, 0.29) is 47.5 Å². The number of sulfonamides is 1. The standard InChI is InChI=1S/C36H35F7N4O4S/c1-21-19-45-20-27(47(21)52(49,50)29-14-12-28(13-15-29)51-36(41,42)43)4-2-5-30-31(40)6-3-7-32(30)46-35(48)34(44)33(22-8-10-24(37)11-9-22)23-16-25(38)18-26(39)17-23/h3,6-18,21,27,33-34,45H,2,4-5,19-20,44H2,1H3,(H,46,48)/t21-,27-,33-,34-/m0/s1. The molecule has 1 fully saturated rings. The number of carbonyl (C=O) groups excluding carboxylic acids is 1. The van der Waals surface area contributed by atoms with Gasteiger partial charge in [0.15, 0.2) is 0 Å². The van der Waals surface area contributed by atoms with Crippen molar-refractivity contribution in [1.82, 2.24) is 9.62 Å². The van der Waals surface area contributed by atoms with Crippen molar-refractivity contribution in [3.63, 3.8) is 0 Å². The summed E-state index contributed by atoms with van der Waals surface area (Å²) in [6.45, 7) is 2.25. The summed E-state index contributed by atoms with van der Waals surface area (Å²) in [6.07, 6.45) is -4.40. The number of hydrogen-bond acceptors (Lipinski definition) is 6. The minimum Gasteiger partial charge on any atom is -0.406 e. The number of hydrogen-bond donors (Lipinski definition) is 3. The van der Waals surface area contributed by atoms with E-state index in [2.05, 4.69) is 15.4 Å². The van der Waals surface area contributed by atoms with Crippen LogP contribution in [-0.4, -0.2) is 56.2 Å². The van der Waals surface area contributed by atoms with E-state index >= 15 is 4.39 Å². The zero-order valence-corrected chi connectivity index (χ0v) is 28.5. The SMILES string of the molecule is C[C@H]1CNC[C@H](CCCc2c(F)cccc2NC(=O)[C@@H](N)[C@@H](c2ccc(F)cc2)c2cc(F)cc(F)c2)N1S(=O)(=O)c1ccc(OC(F)(F)F)cc1. The normalized spacial score (nSPS) is 18.1. The number of nitrogens with zero attached hydrogens (tertiary/aromatic N) is 1. The van der Waals surface area contributed by atoms with Gasteiger partial charge in [0.1, 0.15) is 29.0 Å². The van der Waals surface area contributed by atoms with Gasteiger partial charge in [0.25, 0.3) is 0 Å². The molecule has 0 saturated carbocycles. The number of alkyl halides is 3. The fourth-order valence-electron chi connectivity index (χ4n) is 6.44. The summed E-state index contributed by atoms with van der Waals surface area (Å²) in [4.78, 5) is 13.3. The molecule has 1 heterocycles. The van der Waals surface area contributed by atoms with Gasteiger partial charge in [0.2, 0.25) is 15.9 Å². The second kappa shape index (κ2) is 16.0. The average molecular weight is 753 g/mol. The van der Waals surface area contributed by atoms with Crippen molar-refractivity contribution in [2.75, 3.05) is 18.4 Å². The highest BCUT2D eigenvalue weighted by Crippen LogP contribution is 2.32. The van der Waals surface area contributed by atoms with Crippen molar-refractivity contribution in [2.45, 2.75) is 61.5 Å². The van der Waals surface area contributed by atoms with E-state index in [9.17, 15) is 39.6 Å². The molecule has 1 saturated heterocycles. The summed E-state index contributed by atoms with van der Waals surface area (Å²) in [5.74, 6) is -5.57. The van der Waals surface area contributed by atoms with Crippen LogP contribution in [-0.2, 0) is 21.2 Å². The maximum Gasteiger partial charge on any atom is 0.573 e. The van der Waals surface area contributed by atoms with Crippen LogP contribution >= 0.6 is 0 Å². The first-order valence-electron chi connectivity index (χ1n) is 16.2. The van der Waals surface area contributed by atoms with E-state index in [1.54, 1.807) is 6.92 Å². The van der Waals surface area contributed by atoms with Gasteiger partial charge >= 0.3 is 6.36 Å². The van der Waals surface area contributed by atoms with E-state index in [0.29, 0.717) is 18.2 Å². The van der Waals surface area contributed by atoms with E-state index in [0.717, 1.165) is 48.5 Å². The first-order valence-corrected chi connectivity index (χ1v) is 17.6. The van der Waals surface area contributed by atoms with Crippen LogP contribution < -0.4 is 21.1 Å². The molecular weight excluding hydrogens is 717 g/mol. The minimum atomic E-state index is -4.94. The Morgan fingerprint density at radius 3 is 2.21 bits per heavy atom. The maximum atomic E-state index is 15.3.